The standard InChI is InChI=1S/C11H19NO3/c1-3-9(11(13)14)4-6-12(2)10-5-7-15-8-10/h4,10H,3,5-8H2,1-2H3,(H,13,14). The van der Waals surface area contributed by atoms with Crippen LogP contribution >= 0.6 is 0 Å². The van der Waals surface area contributed by atoms with E-state index in [1.54, 1.807) is 6.08 Å². The van der Waals surface area contributed by atoms with Gasteiger partial charge in [0.2, 0.25) is 0 Å². The van der Waals surface area contributed by atoms with E-state index in [2.05, 4.69) is 4.90 Å². The van der Waals surface area contributed by atoms with Crippen molar-refractivity contribution in [2.75, 3.05) is 26.8 Å². The number of hydrogen-bond donors (Lipinski definition) is 1. The monoisotopic (exact) mass is 213 g/mol. The van der Waals surface area contributed by atoms with Crippen molar-refractivity contribution in [3.63, 3.8) is 0 Å². The third-order valence-electron chi connectivity index (χ3n) is 2.81. The molecule has 0 aromatic heterocycles. The summed E-state index contributed by atoms with van der Waals surface area (Å²) >= 11 is 0. The first kappa shape index (κ1) is 12.2. The number of aliphatic carboxylic acids is 1. The fourth-order valence-corrected chi connectivity index (χ4v) is 1.66. The van der Waals surface area contributed by atoms with Crippen LogP contribution in [0.2, 0.25) is 0 Å². The van der Waals surface area contributed by atoms with Crippen LogP contribution in [0.5, 0.6) is 0 Å². The van der Waals surface area contributed by atoms with Crippen molar-refractivity contribution >= 4 is 5.97 Å². The molecule has 0 bridgehead atoms. The third-order valence-corrected chi connectivity index (χ3v) is 2.81. The highest BCUT2D eigenvalue weighted by Crippen LogP contribution is 2.11. The molecule has 1 aliphatic rings. The smallest absolute Gasteiger partial charge is 0.331 e. The molecule has 0 spiro atoms. The SMILES string of the molecule is CCC(=CCN(C)C1CCOC1)C(=O)O. The van der Waals surface area contributed by atoms with Crippen LogP contribution in [0, 0.1) is 0 Å². The molecule has 86 valence electrons. The molecule has 15 heavy (non-hydrogen) atoms. The number of carbonyl (C=O) groups is 1. The van der Waals surface area contributed by atoms with Gasteiger partial charge in [0.1, 0.15) is 0 Å². The van der Waals surface area contributed by atoms with E-state index in [1.807, 2.05) is 14.0 Å². The Kier molecular flexibility index (Phi) is 4.78. The summed E-state index contributed by atoms with van der Waals surface area (Å²) in [6, 6.07) is 0.438. The molecule has 4 heteroatoms. The summed E-state index contributed by atoms with van der Waals surface area (Å²) in [7, 11) is 2.00. The van der Waals surface area contributed by atoms with Crippen molar-refractivity contribution in [3.8, 4) is 0 Å². The first-order valence-electron chi connectivity index (χ1n) is 5.35. The molecule has 0 amide bonds. The first-order chi connectivity index (χ1) is 7.15. The van der Waals surface area contributed by atoms with Gasteiger partial charge in [-0.3, -0.25) is 4.90 Å². The van der Waals surface area contributed by atoms with E-state index < -0.39 is 5.97 Å². The maximum absolute atomic E-state index is 10.8. The Bertz CT molecular complexity index is 244. The van der Waals surface area contributed by atoms with Gasteiger partial charge in [0, 0.05) is 24.8 Å². The van der Waals surface area contributed by atoms with Crippen LogP contribution in [-0.2, 0) is 9.53 Å². The van der Waals surface area contributed by atoms with Crippen molar-refractivity contribution in [2.45, 2.75) is 25.8 Å². The molecule has 0 radical (unpaired) electrons. The summed E-state index contributed by atoms with van der Waals surface area (Å²) in [5.41, 5.74) is 0.487. The Hall–Kier alpha value is -0.870. The molecule has 1 aliphatic heterocycles. The maximum atomic E-state index is 10.8. The largest absolute Gasteiger partial charge is 0.478 e. The van der Waals surface area contributed by atoms with Gasteiger partial charge in [-0.1, -0.05) is 13.0 Å². The van der Waals surface area contributed by atoms with E-state index in [4.69, 9.17) is 9.84 Å². The maximum Gasteiger partial charge on any atom is 0.331 e. The van der Waals surface area contributed by atoms with E-state index >= 15 is 0 Å². The highest BCUT2D eigenvalue weighted by Gasteiger charge is 2.19. The molecule has 1 rings (SSSR count). The minimum absolute atomic E-state index is 0.438. The van der Waals surface area contributed by atoms with E-state index in [1.165, 1.54) is 0 Å². The summed E-state index contributed by atoms with van der Waals surface area (Å²) < 4.78 is 5.28. The lowest BCUT2D eigenvalue weighted by atomic mass is 10.2. The fourth-order valence-electron chi connectivity index (χ4n) is 1.66. The predicted molar refractivity (Wildman–Crippen MR) is 57.9 cm³/mol. The van der Waals surface area contributed by atoms with Crippen molar-refractivity contribution < 1.29 is 14.6 Å². The second-order valence-corrected chi connectivity index (χ2v) is 3.85. The van der Waals surface area contributed by atoms with Gasteiger partial charge in [-0.05, 0) is 19.9 Å². The molecule has 1 heterocycles. The zero-order chi connectivity index (χ0) is 11.3. The number of hydrogen-bond acceptors (Lipinski definition) is 3. The minimum Gasteiger partial charge on any atom is -0.478 e. The molecule has 4 nitrogen and oxygen atoms in total. The number of carboxylic acid groups (broad SMARTS) is 1. The first-order valence-corrected chi connectivity index (χ1v) is 5.35. The summed E-state index contributed by atoms with van der Waals surface area (Å²) in [6.07, 6.45) is 3.41. The zero-order valence-corrected chi connectivity index (χ0v) is 9.40. The molecule has 0 saturated carbocycles. The number of rotatable bonds is 5. The summed E-state index contributed by atoms with van der Waals surface area (Å²) in [6.45, 7) is 4.12. The van der Waals surface area contributed by atoms with Gasteiger partial charge >= 0.3 is 5.97 Å². The third kappa shape index (κ3) is 3.64. The molecule has 1 unspecified atom stereocenters. The Balaban J connectivity index is 2.42. The number of likely N-dealkylation sites (N-methyl/N-ethyl adjacent to an activating group) is 1. The lowest BCUT2D eigenvalue weighted by molar-refractivity contribution is -0.132. The average Bonchev–Trinajstić information content (AvgIpc) is 2.70. The van der Waals surface area contributed by atoms with Gasteiger partial charge in [0.15, 0.2) is 0 Å². The molecule has 1 N–H and O–H groups in total. The van der Waals surface area contributed by atoms with Gasteiger partial charge in [0.25, 0.3) is 0 Å². The average molecular weight is 213 g/mol. The van der Waals surface area contributed by atoms with Crippen LogP contribution in [-0.4, -0.2) is 48.8 Å². The van der Waals surface area contributed by atoms with Crippen LogP contribution in [0.1, 0.15) is 19.8 Å². The molecule has 0 aliphatic carbocycles. The van der Waals surface area contributed by atoms with E-state index in [0.29, 0.717) is 24.6 Å². The van der Waals surface area contributed by atoms with Gasteiger partial charge in [0.05, 0.1) is 6.61 Å². The second-order valence-electron chi connectivity index (χ2n) is 3.85. The molecular weight excluding hydrogens is 194 g/mol. The lowest BCUT2D eigenvalue weighted by Gasteiger charge is -2.21. The molecule has 0 aromatic carbocycles. The Morgan fingerprint density at radius 2 is 2.40 bits per heavy atom. The van der Waals surface area contributed by atoms with Crippen LogP contribution < -0.4 is 0 Å². The van der Waals surface area contributed by atoms with E-state index in [0.717, 1.165) is 19.6 Å². The zero-order valence-electron chi connectivity index (χ0n) is 9.40. The normalized spacial score (nSPS) is 22.3. The number of nitrogens with zero attached hydrogens (tertiary/aromatic N) is 1. The minimum atomic E-state index is -0.812. The van der Waals surface area contributed by atoms with Gasteiger partial charge in [-0.15, -0.1) is 0 Å². The van der Waals surface area contributed by atoms with Gasteiger partial charge in [-0.2, -0.15) is 0 Å². The van der Waals surface area contributed by atoms with Crippen LogP contribution in [0.15, 0.2) is 11.6 Å². The Morgan fingerprint density at radius 1 is 1.67 bits per heavy atom. The number of carboxylic acids is 1. The van der Waals surface area contributed by atoms with Crippen molar-refractivity contribution in [2.24, 2.45) is 0 Å². The molecule has 1 saturated heterocycles. The van der Waals surface area contributed by atoms with E-state index in [9.17, 15) is 4.79 Å². The number of ether oxygens (including phenoxy) is 1. The van der Waals surface area contributed by atoms with Gasteiger partial charge in [-0.25, -0.2) is 4.79 Å². The van der Waals surface area contributed by atoms with Crippen LogP contribution in [0.3, 0.4) is 0 Å². The Labute approximate surface area is 90.5 Å². The van der Waals surface area contributed by atoms with Crippen LogP contribution in [0.4, 0.5) is 0 Å². The Morgan fingerprint density at radius 3 is 2.87 bits per heavy atom. The molecular formula is C11H19NO3. The van der Waals surface area contributed by atoms with Gasteiger partial charge < -0.3 is 9.84 Å². The predicted octanol–water partition coefficient (Wildman–Crippen LogP) is 1.13. The molecule has 1 atom stereocenters. The fraction of sp³-hybridized carbons (Fsp3) is 0.727. The summed E-state index contributed by atoms with van der Waals surface area (Å²) in [5, 5.41) is 8.84. The second kappa shape index (κ2) is 5.88. The van der Waals surface area contributed by atoms with Crippen molar-refractivity contribution in [1.29, 1.82) is 0 Å². The highest BCUT2D eigenvalue weighted by molar-refractivity contribution is 5.86. The lowest BCUT2D eigenvalue weighted by Crippen LogP contribution is -2.32. The highest BCUT2D eigenvalue weighted by atomic mass is 16.5. The topological polar surface area (TPSA) is 49.8 Å². The van der Waals surface area contributed by atoms with Crippen molar-refractivity contribution in [3.05, 3.63) is 11.6 Å². The molecule has 0 aromatic rings. The van der Waals surface area contributed by atoms with E-state index in [-0.39, 0.29) is 0 Å². The van der Waals surface area contributed by atoms with Crippen LogP contribution in [0.25, 0.3) is 0 Å². The summed E-state index contributed by atoms with van der Waals surface area (Å²) in [5.74, 6) is -0.812. The quantitative estimate of drug-likeness (QED) is 0.695. The molecule has 1 fully saturated rings. The summed E-state index contributed by atoms with van der Waals surface area (Å²) in [4.78, 5) is 12.9. The van der Waals surface area contributed by atoms with Crippen molar-refractivity contribution in [1.82, 2.24) is 4.90 Å².